The molecule has 0 unspecified atom stereocenters. The molecule has 0 aliphatic carbocycles. The van der Waals surface area contributed by atoms with E-state index in [-0.39, 0.29) is 5.92 Å². The first-order valence-electron chi connectivity index (χ1n) is 8.27. The lowest BCUT2D eigenvalue weighted by Crippen LogP contribution is -2.47. The molecule has 2 aromatic rings. The minimum Gasteiger partial charge on any atom is -0.325 e. The molecule has 7 heteroatoms. The highest BCUT2D eigenvalue weighted by molar-refractivity contribution is 7.89. The van der Waals surface area contributed by atoms with Gasteiger partial charge in [0.2, 0.25) is 15.9 Å². The summed E-state index contributed by atoms with van der Waals surface area (Å²) in [6.45, 7) is 7.31. The standard InChI is InChI=1S/C19H23FN2O3S/c1-12(2)18(19(23)21-15-10-9-13(3)14(4)11-15)22-26(24,25)17-8-6-5-7-16(17)20/h5-12,18,22H,1-4H3,(H,21,23)/t18-/m1/s1. The number of carbonyl (C=O) groups excluding carboxylic acids is 1. The van der Waals surface area contributed by atoms with E-state index in [4.69, 9.17) is 0 Å². The molecule has 0 spiro atoms. The molecule has 5 nitrogen and oxygen atoms in total. The Morgan fingerprint density at radius 2 is 1.69 bits per heavy atom. The lowest BCUT2D eigenvalue weighted by atomic mass is 10.0. The zero-order valence-electron chi connectivity index (χ0n) is 15.2. The first-order chi connectivity index (χ1) is 12.1. The largest absolute Gasteiger partial charge is 0.325 e. The van der Waals surface area contributed by atoms with Crippen molar-refractivity contribution in [3.63, 3.8) is 0 Å². The maximum Gasteiger partial charge on any atom is 0.244 e. The molecule has 0 aliphatic heterocycles. The smallest absolute Gasteiger partial charge is 0.244 e. The number of hydrogen-bond acceptors (Lipinski definition) is 3. The first-order valence-corrected chi connectivity index (χ1v) is 9.75. The van der Waals surface area contributed by atoms with E-state index in [1.54, 1.807) is 19.9 Å². The number of anilines is 1. The van der Waals surface area contributed by atoms with E-state index in [9.17, 15) is 17.6 Å². The number of rotatable bonds is 6. The maximum atomic E-state index is 13.8. The van der Waals surface area contributed by atoms with Crippen molar-refractivity contribution < 1.29 is 17.6 Å². The van der Waals surface area contributed by atoms with E-state index < -0.39 is 32.7 Å². The van der Waals surface area contributed by atoms with Gasteiger partial charge in [-0.2, -0.15) is 4.72 Å². The zero-order valence-corrected chi connectivity index (χ0v) is 16.0. The van der Waals surface area contributed by atoms with Crippen molar-refractivity contribution in [2.75, 3.05) is 5.32 Å². The molecule has 2 rings (SSSR count). The van der Waals surface area contributed by atoms with Gasteiger partial charge in [0.05, 0.1) is 0 Å². The van der Waals surface area contributed by atoms with Crippen LogP contribution in [0, 0.1) is 25.6 Å². The molecule has 0 aromatic heterocycles. The molecule has 0 saturated heterocycles. The minimum absolute atomic E-state index is 0.330. The number of hydrogen-bond donors (Lipinski definition) is 2. The highest BCUT2D eigenvalue weighted by Gasteiger charge is 2.29. The predicted octanol–water partition coefficient (Wildman–Crippen LogP) is 3.38. The topological polar surface area (TPSA) is 75.3 Å². The van der Waals surface area contributed by atoms with Crippen molar-refractivity contribution in [2.24, 2.45) is 5.92 Å². The van der Waals surface area contributed by atoms with Crippen molar-refractivity contribution in [1.82, 2.24) is 4.72 Å². The fourth-order valence-corrected chi connectivity index (χ4v) is 3.85. The summed E-state index contributed by atoms with van der Waals surface area (Å²) in [5.74, 6) is -1.69. The Morgan fingerprint density at radius 3 is 2.27 bits per heavy atom. The van der Waals surface area contributed by atoms with Gasteiger partial charge in [-0.25, -0.2) is 12.8 Å². The lowest BCUT2D eigenvalue weighted by molar-refractivity contribution is -0.118. The number of amides is 1. The van der Waals surface area contributed by atoms with Gasteiger partial charge in [-0.15, -0.1) is 0 Å². The molecule has 1 amide bonds. The molecule has 0 saturated carbocycles. The average molecular weight is 378 g/mol. The van der Waals surface area contributed by atoms with E-state index in [1.807, 2.05) is 26.0 Å². The molecule has 0 radical (unpaired) electrons. The van der Waals surface area contributed by atoms with Crippen molar-refractivity contribution in [2.45, 2.75) is 38.6 Å². The second-order valence-electron chi connectivity index (χ2n) is 6.56. The number of sulfonamides is 1. The van der Waals surface area contributed by atoms with Gasteiger partial charge in [0.15, 0.2) is 0 Å². The van der Waals surface area contributed by atoms with Crippen LogP contribution in [-0.4, -0.2) is 20.4 Å². The number of aryl methyl sites for hydroxylation is 2. The van der Waals surface area contributed by atoms with Gasteiger partial charge in [-0.3, -0.25) is 4.79 Å². The molecule has 0 heterocycles. The van der Waals surface area contributed by atoms with Crippen molar-refractivity contribution in [1.29, 1.82) is 0 Å². The fraction of sp³-hybridized carbons (Fsp3) is 0.316. The summed E-state index contributed by atoms with van der Waals surface area (Å²) in [5, 5.41) is 2.72. The van der Waals surface area contributed by atoms with Crippen LogP contribution in [0.3, 0.4) is 0 Å². The van der Waals surface area contributed by atoms with Crippen LogP contribution in [0.2, 0.25) is 0 Å². The van der Waals surface area contributed by atoms with Crippen molar-refractivity contribution >= 4 is 21.6 Å². The highest BCUT2D eigenvalue weighted by atomic mass is 32.2. The summed E-state index contributed by atoms with van der Waals surface area (Å²) in [6, 6.07) is 9.46. The van der Waals surface area contributed by atoms with E-state index in [1.165, 1.54) is 12.1 Å². The molecule has 2 N–H and O–H groups in total. The zero-order chi connectivity index (χ0) is 19.5. The van der Waals surface area contributed by atoms with Crippen LogP contribution in [0.4, 0.5) is 10.1 Å². The first kappa shape index (κ1) is 20.1. The Balaban J connectivity index is 2.24. The van der Waals surface area contributed by atoms with Crippen LogP contribution in [0.5, 0.6) is 0 Å². The van der Waals surface area contributed by atoms with Crippen LogP contribution in [0.25, 0.3) is 0 Å². The monoisotopic (exact) mass is 378 g/mol. The van der Waals surface area contributed by atoms with Gasteiger partial charge >= 0.3 is 0 Å². The number of nitrogens with one attached hydrogen (secondary N) is 2. The average Bonchev–Trinajstić information content (AvgIpc) is 2.56. The van der Waals surface area contributed by atoms with Crippen LogP contribution in [0.1, 0.15) is 25.0 Å². The predicted molar refractivity (Wildman–Crippen MR) is 99.9 cm³/mol. The van der Waals surface area contributed by atoms with Crippen LogP contribution in [0.15, 0.2) is 47.4 Å². The summed E-state index contributed by atoms with van der Waals surface area (Å²) in [7, 11) is -4.17. The van der Waals surface area contributed by atoms with Crippen molar-refractivity contribution in [3.05, 3.63) is 59.4 Å². The second kappa shape index (κ2) is 7.97. The van der Waals surface area contributed by atoms with Gasteiger partial charge in [-0.1, -0.05) is 32.0 Å². The number of carbonyl (C=O) groups is 1. The van der Waals surface area contributed by atoms with Gasteiger partial charge < -0.3 is 5.32 Å². The fourth-order valence-electron chi connectivity index (χ4n) is 2.42. The molecular weight excluding hydrogens is 355 g/mol. The van der Waals surface area contributed by atoms with E-state index in [0.717, 1.165) is 23.3 Å². The van der Waals surface area contributed by atoms with E-state index >= 15 is 0 Å². The third-order valence-corrected chi connectivity index (χ3v) is 5.61. The molecule has 1 atom stereocenters. The van der Waals surface area contributed by atoms with Crippen LogP contribution in [-0.2, 0) is 14.8 Å². The Hall–Kier alpha value is -2.25. The quantitative estimate of drug-likeness (QED) is 0.809. The van der Waals surface area contributed by atoms with E-state index in [0.29, 0.717) is 5.69 Å². The number of benzene rings is 2. The van der Waals surface area contributed by atoms with Gasteiger partial charge in [0.1, 0.15) is 16.8 Å². The molecule has 0 fully saturated rings. The Labute approximate surface area is 153 Å². The van der Waals surface area contributed by atoms with Crippen molar-refractivity contribution in [3.8, 4) is 0 Å². The SMILES string of the molecule is Cc1ccc(NC(=O)[C@H](NS(=O)(=O)c2ccccc2F)C(C)C)cc1C. The molecule has 140 valence electrons. The Kier molecular flexibility index (Phi) is 6.15. The third kappa shape index (κ3) is 4.68. The lowest BCUT2D eigenvalue weighted by Gasteiger charge is -2.22. The minimum atomic E-state index is -4.17. The van der Waals surface area contributed by atoms with Gasteiger partial charge in [-0.05, 0) is 55.2 Å². The van der Waals surface area contributed by atoms with Crippen LogP contribution < -0.4 is 10.0 Å². The van der Waals surface area contributed by atoms with Gasteiger partial charge in [0, 0.05) is 5.69 Å². The maximum absolute atomic E-state index is 13.8. The summed E-state index contributed by atoms with van der Waals surface area (Å²) in [4.78, 5) is 12.1. The second-order valence-corrected chi connectivity index (χ2v) is 8.24. The summed E-state index contributed by atoms with van der Waals surface area (Å²) in [6.07, 6.45) is 0. The summed E-state index contributed by atoms with van der Waals surface area (Å²) in [5.41, 5.74) is 2.67. The molecule has 26 heavy (non-hydrogen) atoms. The Morgan fingerprint density at radius 1 is 1.04 bits per heavy atom. The van der Waals surface area contributed by atoms with Gasteiger partial charge in [0.25, 0.3) is 0 Å². The highest BCUT2D eigenvalue weighted by Crippen LogP contribution is 2.18. The normalized spacial score (nSPS) is 12.8. The van der Waals surface area contributed by atoms with Crippen LogP contribution >= 0.6 is 0 Å². The molecule has 0 aliphatic rings. The molecule has 0 bridgehead atoms. The summed E-state index contributed by atoms with van der Waals surface area (Å²) < 4.78 is 41.1. The molecule has 2 aromatic carbocycles. The molecular formula is C19H23FN2O3S. The third-order valence-electron chi connectivity index (χ3n) is 4.13. The van der Waals surface area contributed by atoms with E-state index in [2.05, 4.69) is 10.0 Å². The summed E-state index contributed by atoms with van der Waals surface area (Å²) >= 11 is 0. The Bertz CT molecular complexity index is 911. The number of halogens is 1.